The van der Waals surface area contributed by atoms with Gasteiger partial charge in [0.1, 0.15) is 0 Å². The Hall–Kier alpha value is -3.93. The van der Waals surface area contributed by atoms with E-state index < -0.39 is 5.92 Å². The molecule has 0 aromatic carbocycles. The van der Waals surface area contributed by atoms with E-state index in [1.165, 1.54) is 0 Å². The van der Waals surface area contributed by atoms with Crippen LogP contribution in [-0.4, -0.2) is 25.8 Å². The van der Waals surface area contributed by atoms with Crippen LogP contribution in [0.15, 0.2) is 66.7 Å². The van der Waals surface area contributed by atoms with Gasteiger partial charge in [-0.3, -0.25) is 24.7 Å². The monoisotopic (exact) mass is 437 g/mol. The molecule has 4 heterocycles. The summed E-state index contributed by atoms with van der Waals surface area (Å²) >= 11 is 0. The number of aromatic nitrogens is 4. The fraction of sp³-hybridized carbons (Fsp3) is 0.222. The lowest BCUT2D eigenvalue weighted by Crippen LogP contribution is -2.28. The first-order chi connectivity index (χ1) is 15.9. The highest BCUT2D eigenvalue weighted by molar-refractivity contribution is 5.77. The van der Waals surface area contributed by atoms with Gasteiger partial charge in [-0.05, 0) is 68.8 Å². The first kappa shape index (κ1) is 22.3. The number of hydrogen-bond acceptors (Lipinski definition) is 5. The number of carbonyl (C=O) groups excluding carboxylic acids is 1. The summed E-state index contributed by atoms with van der Waals surface area (Å²) in [6.45, 7) is 5.90. The third kappa shape index (κ3) is 5.47. The van der Waals surface area contributed by atoms with Crippen molar-refractivity contribution in [1.29, 1.82) is 0 Å². The maximum absolute atomic E-state index is 12.4. The van der Waals surface area contributed by atoms with E-state index in [1.807, 2.05) is 87.5 Å². The van der Waals surface area contributed by atoms with Crippen LogP contribution in [0.4, 0.5) is 0 Å². The van der Waals surface area contributed by atoms with Crippen LogP contribution >= 0.6 is 0 Å². The summed E-state index contributed by atoms with van der Waals surface area (Å²) in [7, 11) is 0. The number of amides is 1. The molecule has 4 aromatic rings. The second-order valence-corrected chi connectivity index (χ2v) is 8.31. The minimum atomic E-state index is -0.426. The van der Waals surface area contributed by atoms with Crippen LogP contribution in [-0.2, 0) is 17.6 Å². The maximum atomic E-state index is 12.4. The molecule has 0 saturated carbocycles. The lowest BCUT2D eigenvalue weighted by Gasteiger charge is -2.15. The smallest absolute Gasteiger partial charge is 0.221 e. The van der Waals surface area contributed by atoms with E-state index in [0.29, 0.717) is 12.8 Å². The molecule has 0 saturated heterocycles. The highest BCUT2D eigenvalue weighted by atomic mass is 16.1. The number of pyridine rings is 4. The SMILES string of the molecule is Cc1cccc(-c2cccc(CC(Cc3nc(-c4cccc(C)n4)ccc3C)C(N)=O)n2)n1. The molecule has 0 aliphatic rings. The van der Waals surface area contributed by atoms with Crippen LogP contribution in [0.2, 0.25) is 0 Å². The Balaban J connectivity index is 1.59. The Morgan fingerprint density at radius 2 is 1.24 bits per heavy atom. The summed E-state index contributed by atoms with van der Waals surface area (Å²) in [6.07, 6.45) is 0.873. The molecule has 6 nitrogen and oxygen atoms in total. The Kier molecular flexibility index (Phi) is 6.54. The molecule has 1 unspecified atom stereocenters. The van der Waals surface area contributed by atoms with Crippen molar-refractivity contribution in [2.24, 2.45) is 11.7 Å². The van der Waals surface area contributed by atoms with Crippen LogP contribution in [0, 0.1) is 26.7 Å². The van der Waals surface area contributed by atoms with Gasteiger partial charge < -0.3 is 5.73 Å². The van der Waals surface area contributed by atoms with Crippen molar-refractivity contribution in [1.82, 2.24) is 19.9 Å². The average molecular weight is 438 g/mol. The van der Waals surface area contributed by atoms with Gasteiger partial charge in [0.25, 0.3) is 0 Å². The van der Waals surface area contributed by atoms with Gasteiger partial charge in [-0.25, -0.2) is 0 Å². The Bertz CT molecular complexity index is 1300. The van der Waals surface area contributed by atoms with E-state index in [2.05, 4.69) is 9.97 Å². The van der Waals surface area contributed by atoms with Gasteiger partial charge in [-0.1, -0.05) is 24.3 Å². The van der Waals surface area contributed by atoms with E-state index in [-0.39, 0.29) is 5.91 Å². The second-order valence-electron chi connectivity index (χ2n) is 8.31. The van der Waals surface area contributed by atoms with E-state index in [1.54, 1.807) is 0 Å². The summed E-state index contributed by atoms with van der Waals surface area (Å²) in [6, 6.07) is 21.5. The quantitative estimate of drug-likeness (QED) is 0.462. The molecule has 0 aliphatic heterocycles. The van der Waals surface area contributed by atoms with Gasteiger partial charge in [-0.2, -0.15) is 0 Å². The van der Waals surface area contributed by atoms with Crippen molar-refractivity contribution in [3.8, 4) is 22.8 Å². The van der Waals surface area contributed by atoms with Crippen molar-refractivity contribution >= 4 is 5.91 Å². The molecule has 4 rings (SSSR count). The van der Waals surface area contributed by atoms with Crippen molar-refractivity contribution in [3.63, 3.8) is 0 Å². The zero-order chi connectivity index (χ0) is 23.4. The zero-order valence-electron chi connectivity index (χ0n) is 19.1. The molecule has 1 amide bonds. The molecule has 0 fully saturated rings. The molecular formula is C27H27N5O. The predicted octanol–water partition coefficient (Wildman–Crippen LogP) is 4.41. The maximum Gasteiger partial charge on any atom is 0.221 e. The third-order valence-electron chi connectivity index (χ3n) is 5.61. The number of primary amides is 1. The minimum Gasteiger partial charge on any atom is -0.369 e. The number of nitrogens with two attached hydrogens (primary N) is 1. The van der Waals surface area contributed by atoms with Gasteiger partial charge in [0.15, 0.2) is 0 Å². The van der Waals surface area contributed by atoms with E-state index in [9.17, 15) is 4.79 Å². The number of rotatable bonds is 7. The molecule has 2 N–H and O–H groups in total. The highest BCUT2D eigenvalue weighted by Gasteiger charge is 2.20. The minimum absolute atomic E-state index is 0.365. The Morgan fingerprint density at radius 1 is 0.697 bits per heavy atom. The number of nitrogens with zero attached hydrogens (tertiary/aromatic N) is 4. The van der Waals surface area contributed by atoms with Crippen LogP contribution < -0.4 is 5.73 Å². The van der Waals surface area contributed by atoms with Gasteiger partial charge in [-0.15, -0.1) is 0 Å². The molecule has 166 valence electrons. The fourth-order valence-electron chi connectivity index (χ4n) is 3.79. The van der Waals surface area contributed by atoms with Crippen LogP contribution in [0.3, 0.4) is 0 Å². The molecule has 1 atom stereocenters. The van der Waals surface area contributed by atoms with Gasteiger partial charge in [0, 0.05) is 41.5 Å². The van der Waals surface area contributed by atoms with Crippen molar-refractivity contribution < 1.29 is 4.79 Å². The van der Waals surface area contributed by atoms with Gasteiger partial charge >= 0.3 is 0 Å². The lowest BCUT2D eigenvalue weighted by molar-refractivity contribution is -0.121. The van der Waals surface area contributed by atoms with E-state index in [4.69, 9.17) is 15.7 Å². The molecular weight excluding hydrogens is 410 g/mol. The lowest BCUT2D eigenvalue weighted by atomic mass is 9.94. The van der Waals surface area contributed by atoms with Crippen molar-refractivity contribution in [2.75, 3.05) is 0 Å². The standard InChI is InChI=1S/C27H27N5O/c1-17-13-14-25(23-11-5-8-19(3)30-23)32-26(17)16-20(27(28)33)15-21-9-6-12-24(31-21)22-10-4-7-18(2)29-22/h4-14,20H,15-16H2,1-3H3,(H2,28,33). The first-order valence-corrected chi connectivity index (χ1v) is 11.0. The fourth-order valence-corrected chi connectivity index (χ4v) is 3.79. The Morgan fingerprint density at radius 3 is 1.82 bits per heavy atom. The average Bonchev–Trinajstić information content (AvgIpc) is 2.80. The topological polar surface area (TPSA) is 94.7 Å². The normalized spacial score (nSPS) is 11.8. The summed E-state index contributed by atoms with van der Waals surface area (Å²) in [5.41, 5.74) is 13.5. The molecule has 0 radical (unpaired) electrons. The largest absolute Gasteiger partial charge is 0.369 e. The molecule has 4 aromatic heterocycles. The first-order valence-electron chi connectivity index (χ1n) is 11.0. The van der Waals surface area contributed by atoms with Crippen LogP contribution in [0.5, 0.6) is 0 Å². The summed E-state index contributed by atoms with van der Waals surface area (Å²) < 4.78 is 0. The zero-order valence-corrected chi connectivity index (χ0v) is 19.1. The van der Waals surface area contributed by atoms with Crippen molar-refractivity contribution in [3.05, 3.63) is 95.1 Å². The van der Waals surface area contributed by atoms with E-state index in [0.717, 1.165) is 51.1 Å². The highest BCUT2D eigenvalue weighted by Crippen LogP contribution is 2.22. The molecule has 0 bridgehead atoms. The van der Waals surface area contributed by atoms with Gasteiger partial charge in [0.2, 0.25) is 5.91 Å². The van der Waals surface area contributed by atoms with Crippen LogP contribution in [0.25, 0.3) is 22.8 Å². The third-order valence-corrected chi connectivity index (χ3v) is 5.61. The summed E-state index contributed by atoms with van der Waals surface area (Å²) in [5.74, 6) is -0.790. The summed E-state index contributed by atoms with van der Waals surface area (Å²) in [4.78, 5) is 31.1. The predicted molar refractivity (Wildman–Crippen MR) is 129 cm³/mol. The van der Waals surface area contributed by atoms with E-state index >= 15 is 0 Å². The van der Waals surface area contributed by atoms with Gasteiger partial charge in [0.05, 0.1) is 22.8 Å². The number of hydrogen-bond donors (Lipinski definition) is 1. The molecule has 0 spiro atoms. The molecule has 6 heteroatoms. The second kappa shape index (κ2) is 9.69. The number of aryl methyl sites for hydroxylation is 3. The number of carbonyl (C=O) groups is 1. The molecule has 33 heavy (non-hydrogen) atoms. The van der Waals surface area contributed by atoms with Crippen LogP contribution in [0.1, 0.15) is 28.3 Å². The van der Waals surface area contributed by atoms with Crippen molar-refractivity contribution in [2.45, 2.75) is 33.6 Å². The molecule has 0 aliphatic carbocycles. The summed E-state index contributed by atoms with van der Waals surface area (Å²) in [5, 5.41) is 0. The Labute approximate surface area is 194 Å².